The van der Waals surface area contributed by atoms with Crippen LogP contribution in [0.5, 0.6) is 0 Å². The molecule has 0 amide bonds. The van der Waals surface area contributed by atoms with Gasteiger partial charge in [0.05, 0.1) is 11.0 Å². The Balaban J connectivity index is 1.95. The van der Waals surface area contributed by atoms with Crippen LogP contribution in [0.25, 0.3) is 33.1 Å². The summed E-state index contributed by atoms with van der Waals surface area (Å²) in [6.07, 6.45) is 10.9. The SMILES string of the molecule is C=C/C=C(\C=C)n1c2ccccc2c2c3c(ccc21)C1=C(CCCC1)C3(C)C. The van der Waals surface area contributed by atoms with E-state index in [9.17, 15) is 0 Å². The van der Waals surface area contributed by atoms with Crippen molar-refractivity contribution in [3.05, 3.63) is 84.5 Å². The standard InChI is InChI=1S/C27H27N/c1-5-11-18(6-2)28-23-15-10-8-13-21(23)25-24(28)17-16-20-19-12-7-9-14-22(19)27(3,4)26(20)25/h5-6,8,10-11,13,15-17H,1-2,7,9,12,14H2,3-4H3/b18-11+. The second kappa shape index (κ2) is 6.10. The van der Waals surface area contributed by atoms with Crippen molar-refractivity contribution < 1.29 is 0 Å². The van der Waals surface area contributed by atoms with E-state index in [1.165, 1.54) is 58.6 Å². The lowest BCUT2D eigenvalue weighted by Crippen LogP contribution is -2.18. The lowest BCUT2D eigenvalue weighted by molar-refractivity contribution is 0.577. The first kappa shape index (κ1) is 17.3. The van der Waals surface area contributed by atoms with Crippen LogP contribution >= 0.6 is 0 Å². The molecule has 2 aliphatic carbocycles. The van der Waals surface area contributed by atoms with E-state index in [1.807, 2.05) is 18.2 Å². The Morgan fingerprint density at radius 1 is 1.00 bits per heavy atom. The summed E-state index contributed by atoms with van der Waals surface area (Å²) in [6.45, 7) is 12.8. The van der Waals surface area contributed by atoms with Gasteiger partial charge < -0.3 is 4.57 Å². The molecule has 0 fully saturated rings. The molecule has 0 unspecified atom stereocenters. The lowest BCUT2D eigenvalue weighted by Gasteiger charge is -2.27. The number of hydrogen-bond acceptors (Lipinski definition) is 0. The molecule has 1 heteroatoms. The van der Waals surface area contributed by atoms with Gasteiger partial charge in [-0.05, 0) is 66.7 Å². The third kappa shape index (κ3) is 2.13. The highest BCUT2D eigenvalue weighted by Gasteiger charge is 2.40. The van der Waals surface area contributed by atoms with Crippen LogP contribution < -0.4 is 0 Å². The fourth-order valence-corrected chi connectivity index (χ4v) is 5.64. The van der Waals surface area contributed by atoms with Gasteiger partial charge in [-0.2, -0.15) is 0 Å². The summed E-state index contributed by atoms with van der Waals surface area (Å²) >= 11 is 0. The van der Waals surface area contributed by atoms with Crippen LogP contribution in [0.3, 0.4) is 0 Å². The molecule has 28 heavy (non-hydrogen) atoms. The summed E-state index contributed by atoms with van der Waals surface area (Å²) in [7, 11) is 0. The van der Waals surface area contributed by atoms with Crippen molar-refractivity contribution in [2.24, 2.45) is 0 Å². The van der Waals surface area contributed by atoms with Crippen LogP contribution in [0.2, 0.25) is 0 Å². The number of para-hydroxylation sites is 1. The molecular weight excluding hydrogens is 338 g/mol. The minimum absolute atomic E-state index is 0.0933. The molecular formula is C27H27N. The smallest absolute Gasteiger partial charge is 0.0544 e. The Hall–Kier alpha value is -2.80. The second-order valence-electron chi connectivity index (χ2n) is 8.56. The number of nitrogens with zero attached hydrogens (tertiary/aromatic N) is 1. The first-order valence-corrected chi connectivity index (χ1v) is 10.3. The summed E-state index contributed by atoms with van der Waals surface area (Å²) < 4.78 is 2.34. The Kier molecular flexibility index (Phi) is 3.77. The maximum atomic E-state index is 4.06. The molecule has 3 aromatic rings. The molecule has 2 aliphatic rings. The molecule has 2 aromatic carbocycles. The second-order valence-corrected chi connectivity index (χ2v) is 8.56. The van der Waals surface area contributed by atoms with Gasteiger partial charge in [-0.3, -0.25) is 0 Å². The highest BCUT2D eigenvalue weighted by Crippen LogP contribution is 2.55. The Morgan fingerprint density at radius 3 is 2.57 bits per heavy atom. The van der Waals surface area contributed by atoms with Gasteiger partial charge in [0.1, 0.15) is 0 Å². The maximum absolute atomic E-state index is 4.06. The summed E-state index contributed by atoms with van der Waals surface area (Å²) in [5.41, 5.74) is 9.96. The minimum Gasteiger partial charge on any atom is -0.309 e. The molecule has 0 aliphatic heterocycles. The average molecular weight is 366 g/mol. The van der Waals surface area contributed by atoms with E-state index in [-0.39, 0.29) is 5.41 Å². The zero-order chi connectivity index (χ0) is 19.5. The molecule has 0 saturated carbocycles. The van der Waals surface area contributed by atoms with Gasteiger partial charge in [0.25, 0.3) is 0 Å². The number of fused-ring (bicyclic) bond motifs is 6. The van der Waals surface area contributed by atoms with E-state index < -0.39 is 0 Å². The maximum Gasteiger partial charge on any atom is 0.0544 e. The summed E-state index contributed by atoms with van der Waals surface area (Å²) in [6, 6.07) is 13.5. The molecule has 5 rings (SSSR count). The summed E-state index contributed by atoms with van der Waals surface area (Å²) in [4.78, 5) is 0. The van der Waals surface area contributed by atoms with E-state index in [0.717, 1.165) is 5.70 Å². The molecule has 0 bridgehead atoms. The van der Waals surface area contributed by atoms with Crippen molar-refractivity contribution in [1.29, 1.82) is 0 Å². The zero-order valence-electron chi connectivity index (χ0n) is 16.9. The van der Waals surface area contributed by atoms with Gasteiger partial charge in [-0.15, -0.1) is 0 Å². The molecule has 1 nitrogen and oxygen atoms in total. The van der Waals surface area contributed by atoms with E-state index in [2.05, 4.69) is 68.0 Å². The van der Waals surface area contributed by atoms with Crippen LogP contribution in [0.15, 0.2) is 73.4 Å². The van der Waals surface area contributed by atoms with Crippen LogP contribution in [-0.4, -0.2) is 4.57 Å². The van der Waals surface area contributed by atoms with Crippen molar-refractivity contribution in [3.8, 4) is 0 Å². The third-order valence-corrected chi connectivity index (χ3v) is 6.77. The minimum atomic E-state index is 0.0933. The molecule has 1 aromatic heterocycles. The quantitative estimate of drug-likeness (QED) is 0.421. The van der Waals surface area contributed by atoms with Gasteiger partial charge in [0, 0.05) is 21.9 Å². The zero-order valence-corrected chi connectivity index (χ0v) is 16.9. The van der Waals surface area contributed by atoms with E-state index in [4.69, 9.17) is 0 Å². The molecule has 0 atom stereocenters. The Bertz CT molecular complexity index is 1210. The number of hydrogen-bond donors (Lipinski definition) is 0. The van der Waals surface area contributed by atoms with Gasteiger partial charge in [-0.1, -0.05) is 62.9 Å². The average Bonchev–Trinajstić information content (AvgIpc) is 3.16. The fourth-order valence-electron chi connectivity index (χ4n) is 5.64. The monoisotopic (exact) mass is 365 g/mol. The molecule has 1 heterocycles. The lowest BCUT2D eigenvalue weighted by atomic mass is 9.76. The van der Waals surface area contributed by atoms with Gasteiger partial charge >= 0.3 is 0 Å². The van der Waals surface area contributed by atoms with E-state index >= 15 is 0 Å². The Morgan fingerprint density at radius 2 is 1.79 bits per heavy atom. The molecule has 0 N–H and O–H groups in total. The number of aromatic nitrogens is 1. The van der Waals surface area contributed by atoms with Gasteiger partial charge in [0.15, 0.2) is 0 Å². The molecule has 140 valence electrons. The largest absolute Gasteiger partial charge is 0.309 e. The van der Waals surface area contributed by atoms with E-state index in [0.29, 0.717) is 0 Å². The van der Waals surface area contributed by atoms with Crippen molar-refractivity contribution in [1.82, 2.24) is 4.57 Å². The number of rotatable bonds is 3. The van der Waals surface area contributed by atoms with Gasteiger partial charge in [0.2, 0.25) is 0 Å². The summed E-state index contributed by atoms with van der Waals surface area (Å²) in [5.74, 6) is 0. The first-order chi connectivity index (χ1) is 13.6. The van der Waals surface area contributed by atoms with Gasteiger partial charge in [-0.25, -0.2) is 0 Å². The van der Waals surface area contributed by atoms with Crippen LogP contribution in [-0.2, 0) is 5.41 Å². The highest BCUT2D eigenvalue weighted by atomic mass is 15.0. The highest BCUT2D eigenvalue weighted by molar-refractivity contribution is 6.14. The van der Waals surface area contributed by atoms with Crippen LogP contribution in [0, 0.1) is 0 Å². The molecule has 0 spiro atoms. The molecule has 0 saturated heterocycles. The predicted octanol–water partition coefficient (Wildman–Crippen LogP) is 7.63. The third-order valence-electron chi connectivity index (χ3n) is 6.77. The topological polar surface area (TPSA) is 4.93 Å². The van der Waals surface area contributed by atoms with Crippen molar-refractivity contribution in [2.45, 2.75) is 44.9 Å². The summed E-state index contributed by atoms with van der Waals surface area (Å²) in [5, 5.41) is 2.74. The van der Waals surface area contributed by atoms with Crippen molar-refractivity contribution >= 4 is 33.1 Å². The van der Waals surface area contributed by atoms with Crippen LogP contribution in [0.1, 0.15) is 50.7 Å². The van der Waals surface area contributed by atoms with Crippen LogP contribution in [0.4, 0.5) is 0 Å². The first-order valence-electron chi connectivity index (χ1n) is 10.3. The van der Waals surface area contributed by atoms with Crippen molar-refractivity contribution in [2.75, 3.05) is 0 Å². The Labute approximate surface area is 167 Å². The molecule has 0 radical (unpaired) electrons. The number of benzene rings is 2. The fraction of sp³-hybridized carbons (Fsp3) is 0.259. The van der Waals surface area contributed by atoms with E-state index in [1.54, 1.807) is 11.1 Å². The van der Waals surface area contributed by atoms with Crippen molar-refractivity contribution in [3.63, 3.8) is 0 Å². The number of allylic oxidation sites excluding steroid dienone is 6. The predicted molar refractivity (Wildman–Crippen MR) is 123 cm³/mol. The normalized spacial score (nSPS) is 18.4.